The van der Waals surface area contributed by atoms with Gasteiger partial charge in [-0.15, -0.1) is 0 Å². The molecule has 0 fully saturated rings. The zero-order valence-corrected chi connectivity index (χ0v) is 21.4. The molecule has 0 aliphatic carbocycles. The largest absolute Gasteiger partial charge is 0.416 e. The van der Waals surface area contributed by atoms with Gasteiger partial charge in [-0.05, 0) is 65.2 Å². The third-order valence-corrected chi connectivity index (χ3v) is 6.74. The fourth-order valence-corrected chi connectivity index (χ4v) is 4.55. The normalized spacial score (nSPS) is 13.8. The van der Waals surface area contributed by atoms with Crippen molar-refractivity contribution in [2.75, 3.05) is 0 Å². The van der Waals surface area contributed by atoms with E-state index in [1.807, 2.05) is 0 Å². The van der Waals surface area contributed by atoms with E-state index < -0.39 is 34.8 Å². The van der Waals surface area contributed by atoms with Crippen LogP contribution in [0.25, 0.3) is 0 Å². The molecule has 0 radical (unpaired) electrons. The molecule has 2 nitrogen and oxygen atoms in total. The molecule has 0 saturated carbocycles. The number of rotatable bonds is 7. The molecule has 0 aliphatic rings. The lowest BCUT2D eigenvalue weighted by atomic mass is 9.79. The summed E-state index contributed by atoms with van der Waals surface area (Å²) in [5, 5.41) is 3.33. The first kappa shape index (κ1) is 28.9. The molecule has 0 aliphatic heterocycles. The Morgan fingerprint density at radius 3 is 2.00 bits per heavy atom. The van der Waals surface area contributed by atoms with Crippen LogP contribution in [0.2, 0.25) is 10.0 Å². The predicted molar refractivity (Wildman–Crippen MR) is 135 cm³/mol. The summed E-state index contributed by atoms with van der Waals surface area (Å²) in [5.41, 5.74) is -3.14. The van der Waals surface area contributed by atoms with Gasteiger partial charge in [-0.2, -0.15) is 26.3 Å². The SMILES string of the molecule is Fc1cc(C(F)(F)F)cc(C(Cc2ccccc2)(NCc2cc(C(F)(F)F)ccc2Cl)c2ccc(Cl)cn2)c1. The Bertz CT molecular complexity index is 1440. The number of nitrogens with one attached hydrogen (secondary N) is 1. The van der Waals surface area contributed by atoms with Gasteiger partial charge >= 0.3 is 12.4 Å². The molecule has 1 N–H and O–H groups in total. The molecule has 1 unspecified atom stereocenters. The molecule has 1 aromatic heterocycles. The van der Waals surface area contributed by atoms with E-state index in [4.69, 9.17) is 23.2 Å². The van der Waals surface area contributed by atoms with Gasteiger partial charge in [0.2, 0.25) is 0 Å². The first-order valence-corrected chi connectivity index (χ1v) is 12.2. The topological polar surface area (TPSA) is 24.9 Å². The molecule has 1 atom stereocenters. The average molecular weight is 587 g/mol. The van der Waals surface area contributed by atoms with Gasteiger partial charge in [0, 0.05) is 24.2 Å². The highest BCUT2D eigenvalue weighted by molar-refractivity contribution is 6.31. The van der Waals surface area contributed by atoms with Gasteiger partial charge in [0.15, 0.2) is 0 Å². The van der Waals surface area contributed by atoms with E-state index in [0.29, 0.717) is 11.6 Å². The summed E-state index contributed by atoms with van der Waals surface area (Å²) in [7, 11) is 0. The summed E-state index contributed by atoms with van der Waals surface area (Å²) in [5.74, 6) is -1.15. The molecular weight excluding hydrogens is 568 g/mol. The molecular formula is C28H19Cl2F7N2. The van der Waals surface area contributed by atoms with Crippen LogP contribution in [0.3, 0.4) is 0 Å². The molecule has 0 spiro atoms. The van der Waals surface area contributed by atoms with Crippen LogP contribution in [0, 0.1) is 5.82 Å². The van der Waals surface area contributed by atoms with Crippen molar-refractivity contribution < 1.29 is 30.7 Å². The Kier molecular flexibility index (Phi) is 8.25. The van der Waals surface area contributed by atoms with Crippen molar-refractivity contribution in [2.24, 2.45) is 0 Å². The maximum Gasteiger partial charge on any atom is 0.416 e. The monoisotopic (exact) mass is 586 g/mol. The first-order valence-electron chi connectivity index (χ1n) is 11.4. The molecule has 0 saturated heterocycles. The van der Waals surface area contributed by atoms with Crippen LogP contribution in [-0.2, 0) is 30.9 Å². The molecule has 204 valence electrons. The zero-order valence-electron chi connectivity index (χ0n) is 19.8. The van der Waals surface area contributed by atoms with Crippen molar-refractivity contribution in [2.45, 2.75) is 30.9 Å². The van der Waals surface area contributed by atoms with Crippen molar-refractivity contribution in [3.05, 3.63) is 134 Å². The van der Waals surface area contributed by atoms with E-state index in [0.717, 1.165) is 30.3 Å². The highest BCUT2D eigenvalue weighted by Crippen LogP contribution is 2.39. The summed E-state index contributed by atoms with van der Waals surface area (Å²) in [6.07, 6.45) is -8.28. The van der Waals surface area contributed by atoms with Crippen LogP contribution in [0.1, 0.15) is 33.5 Å². The number of hydrogen-bond donors (Lipinski definition) is 1. The van der Waals surface area contributed by atoms with Crippen molar-refractivity contribution >= 4 is 23.2 Å². The number of pyridine rings is 1. The van der Waals surface area contributed by atoms with Gasteiger partial charge in [0.25, 0.3) is 0 Å². The Morgan fingerprint density at radius 1 is 0.718 bits per heavy atom. The smallest absolute Gasteiger partial charge is 0.298 e. The summed E-state index contributed by atoms with van der Waals surface area (Å²) in [6, 6.07) is 16.4. The van der Waals surface area contributed by atoms with Gasteiger partial charge in [-0.1, -0.05) is 53.5 Å². The van der Waals surface area contributed by atoms with E-state index in [9.17, 15) is 30.7 Å². The number of halogens is 9. The number of aromatic nitrogens is 1. The van der Waals surface area contributed by atoms with Gasteiger partial charge in [0.1, 0.15) is 5.82 Å². The predicted octanol–water partition coefficient (Wildman–Crippen LogP) is 8.84. The summed E-state index contributed by atoms with van der Waals surface area (Å²) < 4.78 is 96.1. The van der Waals surface area contributed by atoms with E-state index in [2.05, 4.69) is 10.3 Å². The Balaban J connectivity index is 1.94. The Labute approximate surface area is 229 Å². The van der Waals surface area contributed by atoms with Crippen molar-refractivity contribution in [1.82, 2.24) is 10.3 Å². The standard InChI is InChI=1S/C28H19Cl2F7N2/c29-22-7-9-25(38-16-22)26(14-17-4-2-1-3-5-17,20-11-21(28(35,36)37)13-23(31)12-20)39-15-18-10-19(27(32,33)34)6-8-24(18)30/h1-13,16,39H,14-15H2. The summed E-state index contributed by atoms with van der Waals surface area (Å²) in [4.78, 5) is 4.33. The minimum atomic E-state index is -4.87. The van der Waals surface area contributed by atoms with E-state index >= 15 is 0 Å². The lowest BCUT2D eigenvalue weighted by molar-refractivity contribution is -0.138. The van der Waals surface area contributed by atoms with Crippen LogP contribution < -0.4 is 5.32 Å². The lowest BCUT2D eigenvalue weighted by Crippen LogP contribution is -2.46. The van der Waals surface area contributed by atoms with Crippen LogP contribution >= 0.6 is 23.2 Å². The maximum absolute atomic E-state index is 14.7. The number of alkyl halides is 6. The highest BCUT2D eigenvalue weighted by Gasteiger charge is 2.40. The molecule has 3 aromatic carbocycles. The molecule has 11 heteroatoms. The third-order valence-electron chi connectivity index (χ3n) is 6.15. The summed E-state index contributed by atoms with van der Waals surface area (Å²) >= 11 is 12.2. The second-order valence-electron chi connectivity index (χ2n) is 8.81. The molecule has 4 aromatic rings. The van der Waals surface area contributed by atoms with E-state index in [-0.39, 0.29) is 39.8 Å². The lowest BCUT2D eigenvalue weighted by Gasteiger charge is -2.36. The van der Waals surface area contributed by atoms with Crippen molar-refractivity contribution in [1.29, 1.82) is 0 Å². The second kappa shape index (κ2) is 11.2. The fraction of sp³-hybridized carbons (Fsp3) is 0.179. The van der Waals surface area contributed by atoms with Crippen LogP contribution in [0.5, 0.6) is 0 Å². The van der Waals surface area contributed by atoms with Crippen LogP contribution in [0.4, 0.5) is 30.7 Å². The van der Waals surface area contributed by atoms with E-state index in [1.165, 1.54) is 18.3 Å². The highest BCUT2D eigenvalue weighted by atomic mass is 35.5. The average Bonchev–Trinajstić information content (AvgIpc) is 2.87. The quantitative estimate of drug-likeness (QED) is 0.219. The fourth-order valence-electron chi connectivity index (χ4n) is 4.26. The minimum absolute atomic E-state index is 0.00315. The minimum Gasteiger partial charge on any atom is -0.298 e. The van der Waals surface area contributed by atoms with E-state index in [1.54, 1.807) is 30.3 Å². The van der Waals surface area contributed by atoms with Crippen LogP contribution in [-0.4, -0.2) is 4.98 Å². The molecule has 4 rings (SSSR count). The second-order valence-corrected chi connectivity index (χ2v) is 9.66. The van der Waals surface area contributed by atoms with Crippen molar-refractivity contribution in [3.63, 3.8) is 0 Å². The third kappa shape index (κ3) is 6.72. The number of hydrogen-bond acceptors (Lipinski definition) is 2. The molecule has 39 heavy (non-hydrogen) atoms. The van der Waals surface area contributed by atoms with Gasteiger partial charge in [-0.3, -0.25) is 10.3 Å². The van der Waals surface area contributed by atoms with Gasteiger partial charge < -0.3 is 0 Å². The molecule has 0 amide bonds. The zero-order chi connectivity index (χ0) is 28.4. The summed E-state index contributed by atoms with van der Waals surface area (Å²) in [6.45, 7) is -0.322. The molecule has 1 heterocycles. The number of benzene rings is 3. The number of nitrogens with zero attached hydrogens (tertiary/aromatic N) is 1. The Morgan fingerprint density at radius 2 is 1.38 bits per heavy atom. The van der Waals surface area contributed by atoms with Crippen LogP contribution in [0.15, 0.2) is 85.1 Å². The Hall–Kier alpha value is -3.14. The molecule has 0 bridgehead atoms. The first-order chi connectivity index (χ1) is 18.3. The van der Waals surface area contributed by atoms with Gasteiger partial charge in [-0.25, -0.2) is 4.39 Å². The maximum atomic E-state index is 14.7. The van der Waals surface area contributed by atoms with Crippen molar-refractivity contribution in [3.8, 4) is 0 Å². The van der Waals surface area contributed by atoms with Gasteiger partial charge in [0.05, 0.1) is 27.4 Å².